The van der Waals surface area contributed by atoms with Crippen LogP contribution in [0.1, 0.15) is 0 Å². The summed E-state index contributed by atoms with van der Waals surface area (Å²) < 4.78 is 3.49. The second kappa shape index (κ2) is 5.31. The zero-order valence-electron chi connectivity index (χ0n) is 8.96. The van der Waals surface area contributed by atoms with Crippen LogP contribution in [0, 0.1) is 0 Å². The fourth-order valence-electron chi connectivity index (χ4n) is 1.52. The Morgan fingerprint density at radius 1 is 0.611 bits per heavy atom. The molecule has 0 N–H and O–H groups in total. The summed E-state index contributed by atoms with van der Waals surface area (Å²) in [7, 11) is 15.7. The Kier molecular flexibility index (Phi) is 4.49. The van der Waals surface area contributed by atoms with Crippen LogP contribution in [0.3, 0.4) is 0 Å². The van der Waals surface area contributed by atoms with E-state index in [2.05, 4.69) is 31.9 Å². The van der Waals surface area contributed by atoms with Gasteiger partial charge in [-0.1, -0.05) is 0 Å². The van der Waals surface area contributed by atoms with Crippen molar-refractivity contribution in [2.24, 2.45) is 0 Å². The monoisotopic (exact) mass is 490 g/mol. The van der Waals surface area contributed by atoms with Crippen molar-refractivity contribution in [1.29, 1.82) is 0 Å². The Morgan fingerprint density at radius 2 is 0.889 bits per heavy atom. The van der Waals surface area contributed by atoms with Crippen molar-refractivity contribution in [1.82, 2.24) is 0 Å². The fraction of sp³-hybridized carbons (Fsp3) is 0. The number of halogens is 5. The summed E-state index contributed by atoms with van der Waals surface area (Å²) in [5, 5.41) is 0. The van der Waals surface area contributed by atoms with Crippen LogP contribution in [0.4, 0.5) is 0 Å². The third kappa shape index (κ3) is 3.11. The Balaban J connectivity index is 2.56. The fourth-order valence-corrected chi connectivity index (χ4v) is 8.86. The van der Waals surface area contributed by atoms with E-state index in [9.17, 15) is 0 Å². The van der Waals surface area contributed by atoms with Crippen LogP contribution in [0.5, 0.6) is 0 Å². The van der Waals surface area contributed by atoms with Crippen LogP contribution in [0.2, 0.25) is 0 Å². The molecule has 0 amide bonds. The molecule has 0 heterocycles. The van der Waals surface area contributed by atoms with Gasteiger partial charge in [0.05, 0.1) is 0 Å². The van der Waals surface area contributed by atoms with Gasteiger partial charge in [0.25, 0.3) is 0 Å². The molecule has 96 valence electrons. The number of hydrogen-bond acceptors (Lipinski definition) is 0. The predicted octanol–water partition coefficient (Wildman–Crippen LogP) is 4.94. The van der Waals surface area contributed by atoms with E-state index >= 15 is 0 Å². The van der Waals surface area contributed by atoms with Gasteiger partial charge in [-0.25, -0.2) is 0 Å². The first-order valence-corrected chi connectivity index (χ1v) is 15.8. The van der Waals surface area contributed by atoms with E-state index in [0.717, 1.165) is 17.6 Å². The Bertz CT molecular complexity index is 509. The first-order chi connectivity index (χ1) is 8.28. The molecule has 2 rings (SSSR count). The Morgan fingerprint density at radius 3 is 1.17 bits per heavy atom. The molecule has 0 unspecified atom stereocenters. The van der Waals surface area contributed by atoms with E-state index in [1.54, 1.807) is 0 Å². The molecule has 0 spiro atoms. The van der Waals surface area contributed by atoms with Crippen LogP contribution >= 0.6 is 61.7 Å². The number of hydrogen-bond donors (Lipinski definition) is 0. The zero-order chi connectivity index (χ0) is 13.4. The molecular formula is C12H8AsBr2Cl3. The average Bonchev–Trinajstić information content (AvgIpc) is 2.29. The van der Waals surface area contributed by atoms with E-state index in [1.165, 1.54) is 0 Å². The maximum absolute atomic E-state index is 6.63. The molecule has 0 atom stereocenters. The van der Waals surface area contributed by atoms with E-state index in [-0.39, 0.29) is 0 Å². The molecule has 0 aliphatic rings. The summed E-state index contributed by atoms with van der Waals surface area (Å²) in [6.07, 6.45) is 0. The van der Waals surface area contributed by atoms with E-state index < -0.39 is 9.63 Å². The summed E-state index contributed by atoms with van der Waals surface area (Å²) in [5.74, 6) is 0. The van der Waals surface area contributed by atoms with E-state index in [1.807, 2.05) is 48.5 Å². The van der Waals surface area contributed by atoms with Gasteiger partial charge in [-0.2, -0.15) is 0 Å². The van der Waals surface area contributed by atoms with Crippen molar-refractivity contribution in [2.45, 2.75) is 0 Å². The van der Waals surface area contributed by atoms with Gasteiger partial charge in [-0.15, -0.1) is 0 Å². The van der Waals surface area contributed by atoms with Crippen LogP contribution in [-0.2, 0) is 0 Å². The Labute approximate surface area is 136 Å². The minimum atomic E-state index is -4.21. The molecule has 0 fully saturated rings. The van der Waals surface area contributed by atoms with Crippen LogP contribution in [-0.4, -0.2) is 9.63 Å². The van der Waals surface area contributed by atoms with Crippen molar-refractivity contribution in [3.8, 4) is 0 Å². The molecule has 0 saturated carbocycles. The van der Waals surface area contributed by atoms with Gasteiger partial charge >= 0.3 is 138 Å². The second-order valence-corrected chi connectivity index (χ2v) is 24.4. The first kappa shape index (κ1) is 15.2. The summed E-state index contributed by atoms with van der Waals surface area (Å²) in [5.41, 5.74) is 0. The molecule has 0 nitrogen and oxygen atoms in total. The van der Waals surface area contributed by atoms with Crippen LogP contribution < -0.4 is 8.70 Å². The van der Waals surface area contributed by atoms with E-state index in [0.29, 0.717) is 0 Å². The van der Waals surface area contributed by atoms with Gasteiger partial charge in [-0.05, 0) is 0 Å². The third-order valence-electron chi connectivity index (χ3n) is 2.50. The standard InChI is InChI=1S/C12H8AsBr2Cl3/c14-11-5-1-9(2-6-11)13(16,17,18)10-3-7-12(15)8-4-10/h1-8H. The van der Waals surface area contributed by atoms with Gasteiger partial charge in [0.2, 0.25) is 0 Å². The summed E-state index contributed by atoms with van der Waals surface area (Å²) in [6, 6.07) is 15.0. The molecule has 2 aromatic rings. The quantitative estimate of drug-likeness (QED) is 0.521. The van der Waals surface area contributed by atoms with Crippen molar-refractivity contribution >= 4 is 80.0 Å². The molecule has 0 aliphatic carbocycles. The molecule has 0 radical (unpaired) electrons. The SMILES string of the molecule is Cl[As](Cl)(Cl)(c1ccc(Br)cc1)c1ccc(Br)cc1. The van der Waals surface area contributed by atoms with Crippen molar-refractivity contribution < 1.29 is 0 Å². The van der Waals surface area contributed by atoms with Crippen LogP contribution in [0.25, 0.3) is 0 Å². The zero-order valence-corrected chi connectivity index (χ0v) is 16.3. The van der Waals surface area contributed by atoms with Gasteiger partial charge in [-0.3, -0.25) is 0 Å². The number of benzene rings is 2. The molecule has 0 saturated heterocycles. The van der Waals surface area contributed by atoms with Gasteiger partial charge < -0.3 is 0 Å². The van der Waals surface area contributed by atoms with Crippen molar-refractivity contribution in [3.05, 3.63) is 57.5 Å². The third-order valence-corrected chi connectivity index (χ3v) is 14.4. The second-order valence-electron chi connectivity index (χ2n) is 3.76. The number of rotatable bonds is 2. The van der Waals surface area contributed by atoms with E-state index in [4.69, 9.17) is 29.8 Å². The normalized spacial score (nSPS) is 13.9. The molecule has 0 aliphatic heterocycles. The van der Waals surface area contributed by atoms with Crippen molar-refractivity contribution in [2.75, 3.05) is 0 Å². The molecular weight excluding hydrogens is 485 g/mol. The summed E-state index contributed by atoms with van der Waals surface area (Å²) in [4.78, 5) is 0. The predicted molar refractivity (Wildman–Crippen MR) is 90.9 cm³/mol. The molecule has 2 aromatic carbocycles. The topological polar surface area (TPSA) is 0 Å². The first-order valence-electron chi connectivity index (χ1n) is 4.98. The minimum absolute atomic E-state index is 0.782. The molecule has 0 aromatic heterocycles. The van der Waals surface area contributed by atoms with Crippen molar-refractivity contribution in [3.63, 3.8) is 0 Å². The van der Waals surface area contributed by atoms with Gasteiger partial charge in [0.1, 0.15) is 0 Å². The Hall–Kier alpha value is 0.828. The maximum atomic E-state index is 6.63. The van der Waals surface area contributed by atoms with Gasteiger partial charge in [0, 0.05) is 0 Å². The molecule has 18 heavy (non-hydrogen) atoms. The summed E-state index contributed by atoms with van der Waals surface area (Å²) >= 11 is 6.76. The average molecular weight is 493 g/mol. The van der Waals surface area contributed by atoms with Gasteiger partial charge in [0.15, 0.2) is 0 Å². The molecule has 6 heteroatoms. The summed E-state index contributed by atoms with van der Waals surface area (Å²) in [6.45, 7) is 0. The van der Waals surface area contributed by atoms with Crippen LogP contribution in [0.15, 0.2) is 57.5 Å². The molecule has 0 bridgehead atoms.